The van der Waals surface area contributed by atoms with Gasteiger partial charge in [-0.25, -0.2) is 0 Å². The van der Waals surface area contributed by atoms with Gasteiger partial charge in [-0.05, 0) is 18.6 Å². The number of thiocarbonyl (C=S) groups is 1. The summed E-state index contributed by atoms with van der Waals surface area (Å²) < 4.78 is 0. The fraction of sp³-hybridized carbons (Fsp3) is 0.286. The monoisotopic (exact) mass is 184 g/mol. The molecule has 1 rings (SSSR count). The van der Waals surface area contributed by atoms with E-state index in [-0.39, 0.29) is 10.7 Å². The number of carbonyl (C=O) groups is 2. The quantitative estimate of drug-likeness (QED) is 0.338. The molecule has 0 atom stereocenters. The molecule has 0 aliphatic carbocycles. The summed E-state index contributed by atoms with van der Waals surface area (Å²) in [5.74, 6) is -0.851. The molecule has 4 nitrogen and oxygen atoms in total. The second kappa shape index (κ2) is 3.44. The summed E-state index contributed by atoms with van der Waals surface area (Å²) >= 11 is 4.61. The Kier molecular flexibility index (Phi) is 2.54. The third kappa shape index (κ3) is 1.68. The van der Waals surface area contributed by atoms with Gasteiger partial charge in [-0.3, -0.25) is 20.2 Å². The highest BCUT2D eigenvalue weighted by Gasteiger charge is 2.24. The van der Waals surface area contributed by atoms with Crippen LogP contribution in [-0.2, 0) is 9.59 Å². The van der Waals surface area contributed by atoms with Gasteiger partial charge in [0.25, 0.3) is 11.8 Å². The van der Waals surface area contributed by atoms with E-state index >= 15 is 0 Å². The van der Waals surface area contributed by atoms with E-state index in [9.17, 15) is 9.59 Å². The van der Waals surface area contributed by atoms with E-state index in [2.05, 4.69) is 22.9 Å². The number of hydrogen-bond donors (Lipinski definition) is 2. The minimum absolute atomic E-state index is 0.0678. The molecule has 0 bridgehead atoms. The highest BCUT2D eigenvalue weighted by atomic mass is 32.1. The van der Waals surface area contributed by atoms with Gasteiger partial charge in [0.05, 0.1) is 0 Å². The van der Waals surface area contributed by atoms with Gasteiger partial charge in [-0.15, -0.1) is 0 Å². The van der Waals surface area contributed by atoms with Crippen LogP contribution in [0.3, 0.4) is 0 Å². The molecule has 5 heteroatoms. The van der Waals surface area contributed by atoms with E-state index in [1.165, 1.54) is 0 Å². The van der Waals surface area contributed by atoms with Crippen molar-refractivity contribution in [2.75, 3.05) is 0 Å². The summed E-state index contributed by atoms with van der Waals surface area (Å²) in [7, 11) is 0. The Bertz CT molecular complexity index is 261. The zero-order valence-corrected chi connectivity index (χ0v) is 7.33. The van der Waals surface area contributed by atoms with E-state index in [0.29, 0.717) is 6.42 Å². The van der Waals surface area contributed by atoms with Crippen molar-refractivity contribution in [3.05, 3.63) is 11.6 Å². The molecule has 0 aromatic heterocycles. The Morgan fingerprint density at radius 2 is 1.83 bits per heavy atom. The molecule has 12 heavy (non-hydrogen) atoms. The van der Waals surface area contributed by atoms with Crippen LogP contribution in [0.1, 0.15) is 13.3 Å². The van der Waals surface area contributed by atoms with E-state index < -0.39 is 11.8 Å². The maximum atomic E-state index is 11.1. The summed E-state index contributed by atoms with van der Waals surface area (Å²) in [6, 6.07) is 0. The Morgan fingerprint density at radius 3 is 2.25 bits per heavy atom. The lowest BCUT2D eigenvalue weighted by Crippen LogP contribution is -2.51. The van der Waals surface area contributed by atoms with Crippen molar-refractivity contribution in [1.82, 2.24) is 10.6 Å². The molecule has 1 fully saturated rings. The Labute approximate surface area is 75.0 Å². The fourth-order valence-electron chi connectivity index (χ4n) is 0.865. The normalized spacial score (nSPS) is 17.1. The first-order chi connectivity index (χ1) is 5.65. The average Bonchev–Trinajstić information content (AvgIpc) is 1.96. The summed E-state index contributed by atoms with van der Waals surface area (Å²) in [6.07, 6.45) is 2.20. The molecule has 0 saturated carbocycles. The van der Waals surface area contributed by atoms with Gasteiger partial charge in [0.2, 0.25) is 0 Å². The molecule has 0 unspecified atom stereocenters. The van der Waals surface area contributed by atoms with Gasteiger partial charge < -0.3 is 0 Å². The van der Waals surface area contributed by atoms with Gasteiger partial charge in [0, 0.05) is 0 Å². The average molecular weight is 184 g/mol. The van der Waals surface area contributed by atoms with E-state index in [1.54, 1.807) is 6.08 Å². The van der Waals surface area contributed by atoms with Gasteiger partial charge in [0.1, 0.15) is 5.57 Å². The lowest BCUT2D eigenvalue weighted by molar-refractivity contribution is -0.123. The van der Waals surface area contributed by atoms with E-state index in [1.807, 2.05) is 6.92 Å². The van der Waals surface area contributed by atoms with Crippen LogP contribution in [0.25, 0.3) is 0 Å². The van der Waals surface area contributed by atoms with Crippen molar-refractivity contribution in [2.24, 2.45) is 0 Å². The largest absolute Gasteiger partial charge is 0.299 e. The summed E-state index contributed by atoms with van der Waals surface area (Å²) in [6.45, 7) is 1.85. The fourth-order valence-corrected chi connectivity index (χ4v) is 1.05. The topological polar surface area (TPSA) is 58.2 Å². The van der Waals surface area contributed by atoms with Crippen molar-refractivity contribution < 1.29 is 9.59 Å². The SMILES string of the molecule is CCC=C1C(=O)NC(=S)NC1=O. The van der Waals surface area contributed by atoms with Gasteiger partial charge in [-0.2, -0.15) is 0 Å². The van der Waals surface area contributed by atoms with Crippen molar-refractivity contribution >= 4 is 29.1 Å². The van der Waals surface area contributed by atoms with Crippen LogP contribution in [0.5, 0.6) is 0 Å². The summed E-state index contributed by atoms with van der Waals surface area (Å²) in [5, 5.41) is 4.74. The minimum Gasteiger partial charge on any atom is -0.299 e. The first-order valence-corrected chi connectivity index (χ1v) is 3.92. The van der Waals surface area contributed by atoms with Crippen LogP contribution < -0.4 is 10.6 Å². The smallest absolute Gasteiger partial charge is 0.262 e. The number of rotatable bonds is 1. The molecular weight excluding hydrogens is 176 g/mol. The van der Waals surface area contributed by atoms with Crippen LogP contribution in [0.2, 0.25) is 0 Å². The lowest BCUT2D eigenvalue weighted by Gasteiger charge is -2.15. The van der Waals surface area contributed by atoms with Gasteiger partial charge in [0.15, 0.2) is 5.11 Å². The highest BCUT2D eigenvalue weighted by molar-refractivity contribution is 7.80. The van der Waals surface area contributed by atoms with Gasteiger partial charge in [-0.1, -0.05) is 13.0 Å². The molecule has 1 aliphatic rings. The lowest BCUT2D eigenvalue weighted by atomic mass is 10.1. The van der Waals surface area contributed by atoms with Crippen molar-refractivity contribution in [1.29, 1.82) is 0 Å². The first kappa shape index (κ1) is 8.86. The summed E-state index contributed by atoms with van der Waals surface area (Å²) in [5.41, 5.74) is 0.131. The molecule has 0 radical (unpaired) electrons. The Balaban J connectivity index is 2.88. The number of allylic oxidation sites excluding steroid dienone is 1. The van der Waals surface area contributed by atoms with Crippen LogP contribution >= 0.6 is 12.2 Å². The minimum atomic E-state index is -0.425. The molecule has 0 aromatic rings. The second-order valence-corrected chi connectivity index (χ2v) is 2.67. The first-order valence-electron chi connectivity index (χ1n) is 3.52. The van der Waals surface area contributed by atoms with Crippen LogP contribution in [-0.4, -0.2) is 16.9 Å². The van der Waals surface area contributed by atoms with E-state index in [0.717, 1.165) is 0 Å². The third-order valence-corrected chi connectivity index (χ3v) is 1.56. The second-order valence-electron chi connectivity index (χ2n) is 2.26. The third-order valence-electron chi connectivity index (χ3n) is 1.35. The molecular formula is C7H8N2O2S. The Hall–Kier alpha value is -1.23. The number of carbonyl (C=O) groups excluding carboxylic acids is 2. The predicted octanol–water partition coefficient (Wildman–Crippen LogP) is -0.146. The number of hydrogen-bond acceptors (Lipinski definition) is 3. The Morgan fingerprint density at radius 1 is 1.33 bits per heavy atom. The molecule has 1 saturated heterocycles. The zero-order chi connectivity index (χ0) is 9.14. The molecule has 2 amide bonds. The maximum Gasteiger partial charge on any atom is 0.262 e. The molecule has 0 aromatic carbocycles. The zero-order valence-electron chi connectivity index (χ0n) is 6.51. The molecule has 64 valence electrons. The van der Waals surface area contributed by atoms with E-state index in [4.69, 9.17) is 0 Å². The predicted molar refractivity (Wildman–Crippen MR) is 47.3 cm³/mol. The molecule has 0 spiro atoms. The molecule has 1 aliphatic heterocycles. The van der Waals surface area contributed by atoms with Crippen LogP contribution in [0.4, 0.5) is 0 Å². The molecule has 1 heterocycles. The maximum absolute atomic E-state index is 11.1. The highest BCUT2D eigenvalue weighted by Crippen LogP contribution is 2.01. The van der Waals surface area contributed by atoms with Crippen LogP contribution in [0.15, 0.2) is 11.6 Å². The van der Waals surface area contributed by atoms with Crippen molar-refractivity contribution in [3.63, 3.8) is 0 Å². The standard InChI is InChI=1S/C7H8N2O2S/c1-2-3-4-5(10)8-7(12)9-6(4)11/h3H,2H2,1H3,(H2,8,9,10,11,12). The number of amides is 2. The summed E-state index contributed by atoms with van der Waals surface area (Å²) in [4.78, 5) is 22.2. The van der Waals surface area contributed by atoms with Crippen molar-refractivity contribution in [2.45, 2.75) is 13.3 Å². The van der Waals surface area contributed by atoms with Crippen LogP contribution in [0, 0.1) is 0 Å². The van der Waals surface area contributed by atoms with Gasteiger partial charge >= 0.3 is 0 Å². The molecule has 2 N–H and O–H groups in total. The number of nitrogens with one attached hydrogen (secondary N) is 2. The van der Waals surface area contributed by atoms with Crippen molar-refractivity contribution in [3.8, 4) is 0 Å².